The number of rotatable bonds is 5. The van der Waals surface area contributed by atoms with Gasteiger partial charge in [0.15, 0.2) is 5.78 Å². The number of ether oxygens (including phenoxy) is 3. The molecule has 1 aromatic carbocycles. The van der Waals surface area contributed by atoms with Crippen LogP contribution in [0.15, 0.2) is 12.1 Å². The first-order valence-corrected chi connectivity index (χ1v) is 7.48. The predicted octanol–water partition coefficient (Wildman–Crippen LogP) is 0.702. The number of hydrogen-bond acceptors (Lipinski definition) is 6. The van der Waals surface area contributed by atoms with Gasteiger partial charge in [0.2, 0.25) is 0 Å². The number of carbonyl (C=O) groups is 1. The number of carbonyl (C=O) groups excluding carboxylic acids is 1. The minimum Gasteiger partial charge on any atom is -0.496 e. The summed E-state index contributed by atoms with van der Waals surface area (Å²) in [6.45, 7) is 2.71. The van der Waals surface area contributed by atoms with Gasteiger partial charge in [-0.15, -0.1) is 0 Å². The van der Waals surface area contributed by atoms with E-state index in [1.807, 2.05) is 0 Å². The molecular weight excluding hydrogens is 284 g/mol. The van der Waals surface area contributed by atoms with Crippen molar-refractivity contribution >= 4 is 5.78 Å². The molecule has 0 amide bonds. The summed E-state index contributed by atoms with van der Waals surface area (Å²) in [5.74, 6) is 2.43. The monoisotopic (exact) mass is 306 g/mol. The van der Waals surface area contributed by atoms with Gasteiger partial charge in [0, 0.05) is 25.2 Å². The molecule has 2 heterocycles. The molecule has 2 saturated heterocycles. The average Bonchev–Trinajstić information content (AvgIpc) is 3.15. The van der Waals surface area contributed by atoms with E-state index in [1.165, 1.54) is 0 Å². The number of benzene rings is 1. The Kier molecular flexibility index (Phi) is 4.22. The fraction of sp³-hybridized carbons (Fsp3) is 0.562. The second-order valence-electron chi connectivity index (χ2n) is 5.74. The highest BCUT2D eigenvalue weighted by Gasteiger charge is 2.44. The molecule has 1 aromatic rings. The van der Waals surface area contributed by atoms with Gasteiger partial charge in [-0.25, -0.2) is 0 Å². The molecular formula is C16H22N2O4. The fourth-order valence-electron chi connectivity index (χ4n) is 3.49. The summed E-state index contributed by atoms with van der Waals surface area (Å²) >= 11 is 0. The lowest BCUT2D eigenvalue weighted by molar-refractivity contribution is 0.0924. The largest absolute Gasteiger partial charge is 0.496 e. The molecule has 2 fully saturated rings. The average molecular weight is 306 g/mol. The van der Waals surface area contributed by atoms with Crippen LogP contribution in [0.4, 0.5) is 0 Å². The Morgan fingerprint density at radius 3 is 2.32 bits per heavy atom. The molecule has 0 radical (unpaired) electrons. The third-order valence-electron chi connectivity index (χ3n) is 4.66. The summed E-state index contributed by atoms with van der Waals surface area (Å²) in [5.41, 5.74) is 0.482. The molecule has 6 nitrogen and oxygen atoms in total. The minimum absolute atomic E-state index is 0.0209. The van der Waals surface area contributed by atoms with Crippen molar-refractivity contribution < 1.29 is 19.0 Å². The van der Waals surface area contributed by atoms with Gasteiger partial charge < -0.3 is 24.8 Å². The Balaban J connectivity index is 1.97. The standard InChI is InChI=1S/C16H22N2O4/c1-20-10-4-12(21-2)14(13(5-10)22-3)16(19)15-11-8-17-6-9(11)7-18-15/h4-5,9,11,15,17-18H,6-8H2,1-3H3. The van der Waals surface area contributed by atoms with Crippen LogP contribution in [0.1, 0.15) is 10.4 Å². The maximum absolute atomic E-state index is 13.1. The van der Waals surface area contributed by atoms with Gasteiger partial charge in [0.25, 0.3) is 0 Å². The number of hydrogen-bond donors (Lipinski definition) is 2. The molecule has 120 valence electrons. The van der Waals surface area contributed by atoms with Crippen molar-refractivity contribution in [2.45, 2.75) is 6.04 Å². The maximum Gasteiger partial charge on any atom is 0.187 e. The van der Waals surface area contributed by atoms with E-state index in [-0.39, 0.29) is 11.8 Å². The first kappa shape index (κ1) is 15.1. The van der Waals surface area contributed by atoms with Crippen LogP contribution in [0.5, 0.6) is 17.2 Å². The summed E-state index contributed by atoms with van der Waals surface area (Å²) in [5, 5.41) is 6.72. The highest BCUT2D eigenvalue weighted by molar-refractivity contribution is 6.05. The Morgan fingerprint density at radius 2 is 1.73 bits per heavy atom. The maximum atomic E-state index is 13.1. The zero-order valence-electron chi connectivity index (χ0n) is 13.1. The van der Waals surface area contributed by atoms with E-state index in [0.717, 1.165) is 19.6 Å². The fourth-order valence-corrected chi connectivity index (χ4v) is 3.49. The van der Waals surface area contributed by atoms with Crippen LogP contribution in [0.2, 0.25) is 0 Å². The van der Waals surface area contributed by atoms with Crippen molar-refractivity contribution in [3.8, 4) is 17.2 Å². The van der Waals surface area contributed by atoms with Gasteiger partial charge in [-0.3, -0.25) is 4.79 Å². The van der Waals surface area contributed by atoms with Crippen molar-refractivity contribution in [3.05, 3.63) is 17.7 Å². The first-order chi connectivity index (χ1) is 10.7. The van der Waals surface area contributed by atoms with E-state index in [2.05, 4.69) is 10.6 Å². The van der Waals surface area contributed by atoms with Crippen molar-refractivity contribution in [2.75, 3.05) is 41.0 Å². The van der Waals surface area contributed by atoms with Gasteiger partial charge in [0.05, 0.1) is 27.4 Å². The Morgan fingerprint density at radius 1 is 1.05 bits per heavy atom. The molecule has 0 spiro atoms. The van der Waals surface area contributed by atoms with E-state index in [4.69, 9.17) is 14.2 Å². The van der Waals surface area contributed by atoms with Crippen molar-refractivity contribution in [3.63, 3.8) is 0 Å². The summed E-state index contributed by atoms with van der Waals surface area (Å²) in [7, 11) is 4.67. The Labute approximate surface area is 130 Å². The lowest BCUT2D eigenvalue weighted by atomic mass is 9.89. The third kappa shape index (κ3) is 2.42. The summed E-state index contributed by atoms with van der Waals surface area (Å²) in [6, 6.07) is 3.24. The van der Waals surface area contributed by atoms with Crippen LogP contribution >= 0.6 is 0 Å². The third-order valence-corrected chi connectivity index (χ3v) is 4.66. The number of methoxy groups -OCH3 is 3. The van der Waals surface area contributed by atoms with E-state index < -0.39 is 0 Å². The van der Waals surface area contributed by atoms with E-state index in [0.29, 0.717) is 34.6 Å². The Hall–Kier alpha value is -1.79. The van der Waals surface area contributed by atoms with Gasteiger partial charge in [-0.1, -0.05) is 0 Å². The van der Waals surface area contributed by atoms with Gasteiger partial charge >= 0.3 is 0 Å². The molecule has 3 rings (SSSR count). The van der Waals surface area contributed by atoms with E-state index in [1.54, 1.807) is 33.5 Å². The van der Waals surface area contributed by atoms with Crippen molar-refractivity contribution in [1.29, 1.82) is 0 Å². The van der Waals surface area contributed by atoms with Gasteiger partial charge in [-0.05, 0) is 18.4 Å². The molecule has 2 aliphatic heterocycles. The molecule has 0 aliphatic carbocycles. The number of nitrogens with one attached hydrogen (secondary N) is 2. The van der Waals surface area contributed by atoms with E-state index in [9.17, 15) is 4.79 Å². The molecule has 0 saturated carbocycles. The summed E-state index contributed by atoms with van der Waals surface area (Å²) < 4.78 is 16.0. The van der Waals surface area contributed by atoms with Crippen molar-refractivity contribution in [2.24, 2.45) is 11.8 Å². The van der Waals surface area contributed by atoms with E-state index >= 15 is 0 Å². The van der Waals surface area contributed by atoms with Crippen LogP contribution in [0.3, 0.4) is 0 Å². The van der Waals surface area contributed by atoms with Crippen molar-refractivity contribution in [1.82, 2.24) is 10.6 Å². The predicted molar refractivity (Wildman–Crippen MR) is 82.1 cm³/mol. The highest BCUT2D eigenvalue weighted by atomic mass is 16.5. The number of ketones is 1. The first-order valence-electron chi connectivity index (χ1n) is 7.48. The molecule has 2 aliphatic rings. The smallest absolute Gasteiger partial charge is 0.187 e. The van der Waals surface area contributed by atoms with Gasteiger partial charge in [0.1, 0.15) is 22.8 Å². The highest BCUT2D eigenvalue weighted by Crippen LogP contribution is 2.37. The Bertz CT molecular complexity index is 550. The lowest BCUT2D eigenvalue weighted by Gasteiger charge is -2.20. The molecule has 3 atom stereocenters. The van der Waals surface area contributed by atoms with Crippen LogP contribution in [0.25, 0.3) is 0 Å². The summed E-state index contributed by atoms with van der Waals surface area (Å²) in [6.07, 6.45) is 0. The molecule has 0 aromatic heterocycles. The van der Waals surface area contributed by atoms with Crippen LogP contribution in [0, 0.1) is 11.8 Å². The van der Waals surface area contributed by atoms with Crippen LogP contribution < -0.4 is 24.8 Å². The molecule has 2 N–H and O–H groups in total. The topological polar surface area (TPSA) is 68.8 Å². The van der Waals surface area contributed by atoms with Gasteiger partial charge in [-0.2, -0.15) is 0 Å². The minimum atomic E-state index is -0.198. The zero-order valence-corrected chi connectivity index (χ0v) is 13.1. The molecule has 6 heteroatoms. The number of Topliss-reactive ketones (excluding diaryl/α,β-unsaturated/α-hetero) is 1. The molecule has 3 unspecified atom stereocenters. The molecule has 0 bridgehead atoms. The number of fused-ring (bicyclic) bond motifs is 1. The van der Waals surface area contributed by atoms with Crippen LogP contribution in [-0.2, 0) is 0 Å². The second kappa shape index (κ2) is 6.14. The molecule has 22 heavy (non-hydrogen) atoms. The zero-order chi connectivity index (χ0) is 15.7. The normalized spacial score (nSPS) is 26.6. The van der Waals surface area contributed by atoms with Crippen LogP contribution in [-0.4, -0.2) is 52.8 Å². The summed E-state index contributed by atoms with van der Waals surface area (Å²) in [4.78, 5) is 13.1. The second-order valence-corrected chi connectivity index (χ2v) is 5.74. The quantitative estimate of drug-likeness (QED) is 0.781. The lowest BCUT2D eigenvalue weighted by Crippen LogP contribution is -2.38. The SMILES string of the molecule is COc1cc(OC)c(C(=O)C2NCC3CNCC32)c(OC)c1.